The molecule has 1 aliphatic rings. The molecule has 0 unspecified atom stereocenters. The molecule has 1 aliphatic heterocycles. The zero-order valence-corrected chi connectivity index (χ0v) is 13.5. The zero-order valence-electron chi connectivity index (χ0n) is 13.5. The number of likely N-dealkylation sites (tertiary alicyclic amines) is 1. The van der Waals surface area contributed by atoms with Crippen molar-refractivity contribution < 1.29 is 4.79 Å². The number of aromatic nitrogens is 1. The molecular weight excluding hydrogens is 286 g/mol. The monoisotopic (exact) mass is 309 g/mol. The minimum Gasteiger partial charge on any atom is -0.352 e. The van der Waals surface area contributed by atoms with E-state index in [4.69, 9.17) is 0 Å². The Morgan fingerprint density at radius 3 is 2.74 bits per heavy atom. The maximum atomic E-state index is 11.0. The lowest BCUT2D eigenvalue weighted by molar-refractivity contribution is -0.119. The van der Waals surface area contributed by atoms with Crippen LogP contribution in [0.25, 0.3) is 0 Å². The molecular formula is C19H23N3O. The average molecular weight is 309 g/mol. The van der Waals surface area contributed by atoms with Crippen molar-refractivity contribution in [1.82, 2.24) is 15.2 Å². The van der Waals surface area contributed by atoms with Crippen molar-refractivity contribution >= 4 is 5.91 Å². The Bertz CT molecular complexity index is 639. The topological polar surface area (TPSA) is 45.2 Å². The highest BCUT2D eigenvalue weighted by Crippen LogP contribution is 2.32. The van der Waals surface area contributed by atoms with E-state index < -0.39 is 0 Å². The summed E-state index contributed by atoms with van der Waals surface area (Å²) in [6.45, 7) is 4.17. The number of hydrogen-bond donors (Lipinski definition) is 1. The molecule has 2 aromatic rings. The minimum atomic E-state index is -0.0149. The second kappa shape index (κ2) is 7.38. The highest BCUT2D eigenvalue weighted by molar-refractivity contribution is 5.72. The SMILES string of the molecule is CC(=O)NCc1ccc([C@H]2CCCN2Cc2ccccc2)nc1. The second-order valence-electron chi connectivity index (χ2n) is 6.12. The molecule has 23 heavy (non-hydrogen) atoms. The van der Waals surface area contributed by atoms with Gasteiger partial charge in [0.25, 0.3) is 0 Å². The second-order valence-corrected chi connectivity index (χ2v) is 6.12. The summed E-state index contributed by atoms with van der Waals surface area (Å²) in [5.74, 6) is -0.0149. The third-order valence-corrected chi connectivity index (χ3v) is 4.32. The summed E-state index contributed by atoms with van der Waals surface area (Å²) in [6, 6.07) is 15.2. The smallest absolute Gasteiger partial charge is 0.217 e. The van der Waals surface area contributed by atoms with E-state index in [0.717, 1.165) is 30.8 Å². The van der Waals surface area contributed by atoms with Gasteiger partial charge in [-0.25, -0.2) is 0 Å². The highest BCUT2D eigenvalue weighted by Gasteiger charge is 2.26. The molecule has 0 radical (unpaired) electrons. The molecule has 2 heterocycles. The molecule has 0 aliphatic carbocycles. The number of carbonyl (C=O) groups excluding carboxylic acids is 1. The molecule has 0 bridgehead atoms. The van der Waals surface area contributed by atoms with Gasteiger partial charge in [-0.1, -0.05) is 36.4 Å². The van der Waals surface area contributed by atoms with Crippen molar-refractivity contribution in [2.45, 2.75) is 38.9 Å². The Morgan fingerprint density at radius 2 is 2.04 bits per heavy atom. The average Bonchev–Trinajstić information content (AvgIpc) is 3.02. The first kappa shape index (κ1) is 15.7. The van der Waals surface area contributed by atoms with E-state index in [1.807, 2.05) is 6.20 Å². The first-order valence-corrected chi connectivity index (χ1v) is 8.19. The van der Waals surface area contributed by atoms with Crippen molar-refractivity contribution in [3.05, 3.63) is 65.5 Å². The lowest BCUT2D eigenvalue weighted by Gasteiger charge is -2.24. The molecule has 1 aromatic carbocycles. The summed E-state index contributed by atoms with van der Waals surface area (Å²) in [5, 5.41) is 2.80. The molecule has 1 saturated heterocycles. The van der Waals surface area contributed by atoms with Crippen molar-refractivity contribution in [2.24, 2.45) is 0 Å². The number of pyridine rings is 1. The Balaban J connectivity index is 1.66. The molecule has 1 N–H and O–H groups in total. The van der Waals surface area contributed by atoms with Crippen LogP contribution in [0.15, 0.2) is 48.7 Å². The molecule has 0 saturated carbocycles. The van der Waals surface area contributed by atoms with Gasteiger partial charge in [-0.3, -0.25) is 14.7 Å². The molecule has 4 nitrogen and oxygen atoms in total. The summed E-state index contributed by atoms with van der Waals surface area (Å²) in [7, 11) is 0. The van der Waals surface area contributed by atoms with E-state index in [0.29, 0.717) is 12.6 Å². The van der Waals surface area contributed by atoms with Crippen LogP contribution in [0.5, 0.6) is 0 Å². The Kier molecular flexibility index (Phi) is 5.03. The van der Waals surface area contributed by atoms with E-state index in [-0.39, 0.29) is 5.91 Å². The fraction of sp³-hybridized carbons (Fsp3) is 0.368. The number of carbonyl (C=O) groups is 1. The van der Waals surface area contributed by atoms with Gasteiger partial charge in [-0.15, -0.1) is 0 Å². The maximum Gasteiger partial charge on any atom is 0.217 e. The fourth-order valence-corrected chi connectivity index (χ4v) is 3.13. The van der Waals surface area contributed by atoms with Crippen LogP contribution >= 0.6 is 0 Å². The third-order valence-electron chi connectivity index (χ3n) is 4.32. The predicted octanol–water partition coefficient (Wildman–Crippen LogP) is 3.05. The van der Waals surface area contributed by atoms with E-state index in [2.05, 4.69) is 57.7 Å². The standard InChI is InChI=1S/C19H23N3O/c1-15(23)20-12-17-9-10-18(21-13-17)19-8-5-11-22(19)14-16-6-3-2-4-7-16/h2-4,6-7,9-10,13,19H,5,8,11-12,14H2,1H3,(H,20,23)/t19-/m1/s1. The van der Waals surface area contributed by atoms with Gasteiger partial charge in [0, 0.05) is 26.2 Å². The third kappa shape index (κ3) is 4.17. The molecule has 1 aromatic heterocycles. The van der Waals surface area contributed by atoms with Crippen molar-refractivity contribution in [3.63, 3.8) is 0 Å². The van der Waals surface area contributed by atoms with Gasteiger partial charge in [-0.05, 0) is 36.6 Å². The Labute approximate surface area is 137 Å². The largest absolute Gasteiger partial charge is 0.352 e. The number of amides is 1. The van der Waals surface area contributed by atoms with Gasteiger partial charge in [0.2, 0.25) is 5.91 Å². The molecule has 4 heteroatoms. The Hall–Kier alpha value is -2.20. The number of hydrogen-bond acceptors (Lipinski definition) is 3. The fourth-order valence-electron chi connectivity index (χ4n) is 3.13. The zero-order chi connectivity index (χ0) is 16.1. The van der Waals surface area contributed by atoms with Crippen molar-refractivity contribution in [2.75, 3.05) is 6.54 Å². The van der Waals surface area contributed by atoms with E-state index in [9.17, 15) is 4.79 Å². The summed E-state index contributed by atoms with van der Waals surface area (Å²) in [4.78, 5) is 18.1. The summed E-state index contributed by atoms with van der Waals surface area (Å²) >= 11 is 0. The van der Waals surface area contributed by atoms with Crippen LogP contribution in [0.4, 0.5) is 0 Å². The number of rotatable bonds is 5. The van der Waals surface area contributed by atoms with Crippen LogP contribution in [0.3, 0.4) is 0 Å². The van der Waals surface area contributed by atoms with E-state index >= 15 is 0 Å². The van der Waals surface area contributed by atoms with Crippen LogP contribution in [-0.4, -0.2) is 22.3 Å². The summed E-state index contributed by atoms with van der Waals surface area (Å²) in [5.41, 5.74) is 3.52. The van der Waals surface area contributed by atoms with E-state index in [1.165, 1.54) is 18.9 Å². The minimum absolute atomic E-state index is 0.0149. The molecule has 120 valence electrons. The molecule has 1 fully saturated rings. The van der Waals surface area contributed by atoms with Crippen molar-refractivity contribution in [3.8, 4) is 0 Å². The van der Waals surface area contributed by atoms with Crippen LogP contribution in [0, 0.1) is 0 Å². The van der Waals surface area contributed by atoms with E-state index in [1.54, 1.807) is 0 Å². The number of nitrogens with zero attached hydrogens (tertiary/aromatic N) is 2. The van der Waals surface area contributed by atoms with Gasteiger partial charge in [-0.2, -0.15) is 0 Å². The number of nitrogens with one attached hydrogen (secondary N) is 1. The van der Waals surface area contributed by atoms with Gasteiger partial charge in [0.05, 0.1) is 11.7 Å². The molecule has 1 amide bonds. The van der Waals surface area contributed by atoms with Gasteiger partial charge >= 0.3 is 0 Å². The number of benzene rings is 1. The van der Waals surface area contributed by atoms with Gasteiger partial charge in [0.1, 0.15) is 0 Å². The Morgan fingerprint density at radius 1 is 1.22 bits per heavy atom. The lowest BCUT2D eigenvalue weighted by Crippen LogP contribution is -2.23. The van der Waals surface area contributed by atoms with Crippen LogP contribution in [-0.2, 0) is 17.9 Å². The molecule has 0 spiro atoms. The van der Waals surface area contributed by atoms with Crippen LogP contribution < -0.4 is 5.32 Å². The highest BCUT2D eigenvalue weighted by atomic mass is 16.1. The maximum absolute atomic E-state index is 11.0. The van der Waals surface area contributed by atoms with Gasteiger partial charge in [0.15, 0.2) is 0 Å². The first-order chi connectivity index (χ1) is 11.2. The van der Waals surface area contributed by atoms with Crippen molar-refractivity contribution in [1.29, 1.82) is 0 Å². The molecule has 3 rings (SSSR count). The van der Waals surface area contributed by atoms with Gasteiger partial charge < -0.3 is 5.32 Å². The summed E-state index contributed by atoms with van der Waals surface area (Å²) in [6.07, 6.45) is 4.25. The summed E-state index contributed by atoms with van der Waals surface area (Å²) < 4.78 is 0. The first-order valence-electron chi connectivity index (χ1n) is 8.19. The normalized spacial score (nSPS) is 18.0. The quantitative estimate of drug-likeness (QED) is 0.923. The lowest BCUT2D eigenvalue weighted by atomic mass is 10.1. The van der Waals surface area contributed by atoms with Crippen LogP contribution in [0.1, 0.15) is 42.6 Å². The van der Waals surface area contributed by atoms with Crippen LogP contribution in [0.2, 0.25) is 0 Å². The molecule has 1 atom stereocenters. The predicted molar refractivity (Wildman–Crippen MR) is 90.6 cm³/mol.